The van der Waals surface area contributed by atoms with Gasteiger partial charge in [-0.05, 0) is 29.8 Å². The second kappa shape index (κ2) is 5.72. The number of ether oxygens (including phenoxy) is 1. The Balaban J connectivity index is 1.93. The molecule has 0 saturated carbocycles. The molecule has 0 aliphatic heterocycles. The molecule has 0 spiro atoms. The molecule has 17 heavy (non-hydrogen) atoms. The van der Waals surface area contributed by atoms with Crippen molar-refractivity contribution in [1.29, 1.82) is 5.26 Å². The van der Waals surface area contributed by atoms with Crippen molar-refractivity contribution < 1.29 is 4.74 Å². The predicted octanol–water partition coefficient (Wildman–Crippen LogP) is 4.05. The van der Waals surface area contributed by atoms with Crippen molar-refractivity contribution in [1.82, 2.24) is 0 Å². The van der Waals surface area contributed by atoms with Crippen LogP contribution in [0.1, 0.15) is 10.4 Å². The van der Waals surface area contributed by atoms with Crippen LogP contribution < -0.4 is 4.74 Å². The molecule has 0 unspecified atom stereocenters. The molecule has 0 N–H and O–H groups in total. The normalized spacial score (nSPS) is 9.88. The van der Waals surface area contributed by atoms with Gasteiger partial charge in [0.15, 0.2) is 0 Å². The van der Waals surface area contributed by atoms with Crippen molar-refractivity contribution in [2.75, 3.05) is 0 Å². The number of thiophene rings is 1. The zero-order valence-corrected chi connectivity index (χ0v) is 10.6. The molecule has 0 aliphatic rings. The van der Waals surface area contributed by atoms with Gasteiger partial charge in [-0.25, -0.2) is 0 Å². The summed E-state index contributed by atoms with van der Waals surface area (Å²) in [6, 6.07) is 13.5. The summed E-state index contributed by atoms with van der Waals surface area (Å²) in [7, 11) is 0. The quantitative estimate of drug-likeness (QED) is 0.834. The minimum Gasteiger partial charge on any atom is -0.488 e. The predicted molar refractivity (Wildman–Crippen MR) is 69.4 cm³/mol. The van der Waals surface area contributed by atoms with Crippen LogP contribution in [0.2, 0.25) is 4.34 Å². The van der Waals surface area contributed by atoms with Crippen molar-refractivity contribution in [2.24, 2.45) is 0 Å². The third-order valence-electron chi connectivity index (χ3n) is 2.22. The first kappa shape index (κ1) is 12.0. The van der Waals surface area contributed by atoms with E-state index in [1.165, 1.54) is 11.3 Å². The highest BCUT2D eigenvalue weighted by Gasteiger charge is 2.00. The summed E-state index contributed by atoms with van der Waals surface area (Å²) < 4.78 is 6.38. The van der Waals surface area contributed by atoms with Gasteiger partial charge in [0.2, 0.25) is 0 Å². The van der Waals surface area contributed by atoms with E-state index in [-0.39, 0.29) is 0 Å². The molecule has 0 bridgehead atoms. The van der Waals surface area contributed by atoms with Crippen LogP contribution in [0.5, 0.6) is 5.75 Å². The monoisotopic (exact) mass is 263 g/mol. The molecule has 2 nitrogen and oxygen atoms in total. The third kappa shape index (κ3) is 3.48. The summed E-state index contributed by atoms with van der Waals surface area (Å²) in [4.78, 5) is 1.09. The topological polar surface area (TPSA) is 33.0 Å². The van der Waals surface area contributed by atoms with E-state index >= 15 is 0 Å². The molecule has 0 amide bonds. The van der Waals surface area contributed by atoms with Crippen LogP contribution in [0.3, 0.4) is 0 Å². The highest BCUT2D eigenvalue weighted by atomic mass is 35.5. The van der Waals surface area contributed by atoms with Crippen molar-refractivity contribution in [3.05, 3.63) is 51.2 Å². The van der Waals surface area contributed by atoms with Gasteiger partial charge in [0.1, 0.15) is 12.4 Å². The van der Waals surface area contributed by atoms with Crippen molar-refractivity contribution >= 4 is 22.9 Å². The third-order valence-corrected chi connectivity index (χ3v) is 3.42. The summed E-state index contributed by atoms with van der Waals surface area (Å²) in [6.45, 7) is 0.523. The number of nitriles is 1. The molecule has 0 atom stereocenters. The Bertz CT molecular complexity index is 527. The number of halogens is 1. The number of benzene rings is 1. The van der Waals surface area contributed by atoms with Gasteiger partial charge in [-0.1, -0.05) is 23.7 Å². The van der Waals surface area contributed by atoms with Gasteiger partial charge in [-0.15, -0.1) is 11.3 Å². The highest BCUT2D eigenvalue weighted by Crippen LogP contribution is 2.23. The highest BCUT2D eigenvalue weighted by molar-refractivity contribution is 7.16. The Hall–Kier alpha value is -1.50. The summed E-state index contributed by atoms with van der Waals surface area (Å²) in [6.07, 6.45) is 0.431. The van der Waals surface area contributed by atoms with Gasteiger partial charge < -0.3 is 4.74 Å². The fourth-order valence-electron chi connectivity index (χ4n) is 1.38. The fraction of sp³-hybridized carbons (Fsp3) is 0.154. The maximum atomic E-state index is 8.55. The molecule has 1 aromatic heterocycles. The Morgan fingerprint density at radius 2 is 1.94 bits per heavy atom. The lowest BCUT2D eigenvalue weighted by Gasteiger charge is -2.04. The van der Waals surface area contributed by atoms with Crippen LogP contribution in [0.15, 0.2) is 36.4 Å². The minimum atomic E-state index is 0.431. The number of hydrogen-bond donors (Lipinski definition) is 0. The number of hydrogen-bond acceptors (Lipinski definition) is 3. The van der Waals surface area contributed by atoms with E-state index in [1.807, 2.05) is 36.4 Å². The van der Waals surface area contributed by atoms with Crippen LogP contribution in [-0.2, 0) is 13.0 Å². The van der Waals surface area contributed by atoms with Crippen LogP contribution in [0, 0.1) is 11.3 Å². The van der Waals surface area contributed by atoms with Gasteiger partial charge >= 0.3 is 0 Å². The maximum absolute atomic E-state index is 8.55. The van der Waals surface area contributed by atoms with Gasteiger partial charge in [-0.2, -0.15) is 5.26 Å². The van der Waals surface area contributed by atoms with E-state index in [0.717, 1.165) is 20.5 Å². The second-order valence-corrected chi connectivity index (χ2v) is 5.27. The Labute approximate surface area is 109 Å². The standard InChI is InChI=1S/C13H10ClNOS/c14-13-6-5-12(17-13)9-16-11-3-1-10(2-4-11)7-8-15/h1-6H,7,9H2. The first-order chi connectivity index (χ1) is 8.28. The van der Waals surface area contributed by atoms with Crippen LogP contribution in [0.4, 0.5) is 0 Å². The summed E-state index contributed by atoms with van der Waals surface area (Å²) >= 11 is 7.35. The van der Waals surface area contributed by atoms with Gasteiger partial charge in [0.25, 0.3) is 0 Å². The smallest absolute Gasteiger partial charge is 0.122 e. The average molecular weight is 264 g/mol. The molecule has 2 rings (SSSR count). The largest absolute Gasteiger partial charge is 0.488 e. The first-order valence-corrected chi connectivity index (χ1v) is 6.30. The van der Waals surface area contributed by atoms with Crippen molar-refractivity contribution in [3.8, 4) is 11.8 Å². The molecule has 1 heterocycles. The van der Waals surface area contributed by atoms with Gasteiger partial charge in [-0.3, -0.25) is 0 Å². The van der Waals surface area contributed by atoms with E-state index < -0.39 is 0 Å². The van der Waals surface area contributed by atoms with E-state index in [9.17, 15) is 0 Å². The molecule has 0 radical (unpaired) electrons. The zero-order valence-electron chi connectivity index (χ0n) is 9.02. The lowest BCUT2D eigenvalue weighted by Crippen LogP contribution is -1.92. The molecule has 0 aliphatic carbocycles. The van der Waals surface area contributed by atoms with Crippen LogP contribution >= 0.6 is 22.9 Å². The zero-order chi connectivity index (χ0) is 12.1. The van der Waals surface area contributed by atoms with E-state index in [1.54, 1.807) is 0 Å². The minimum absolute atomic E-state index is 0.431. The number of nitrogens with zero attached hydrogens (tertiary/aromatic N) is 1. The van der Waals surface area contributed by atoms with Crippen LogP contribution in [0.25, 0.3) is 0 Å². The van der Waals surface area contributed by atoms with E-state index in [2.05, 4.69) is 6.07 Å². The van der Waals surface area contributed by atoms with Gasteiger partial charge in [0, 0.05) is 4.88 Å². The number of rotatable bonds is 4. The fourth-order valence-corrected chi connectivity index (χ4v) is 2.38. The SMILES string of the molecule is N#CCc1ccc(OCc2ccc(Cl)s2)cc1. The molecule has 4 heteroatoms. The second-order valence-electron chi connectivity index (χ2n) is 3.47. The Morgan fingerprint density at radius 3 is 2.53 bits per heavy atom. The molecular weight excluding hydrogens is 254 g/mol. The van der Waals surface area contributed by atoms with E-state index in [4.69, 9.17) is 21.6 Å². The molecule has 2 aromatic rings. The van der Waals surface area contributed by atoms with E-state index in [0.29, 0.717) is 13.0 Å². The Morgan fingerprint density at radius 1 is 1.18 bits per heavy atom. The maximum Gasteiger partial charge on any atom is 0.122 e. The van der Waals surface area contributed by atoms with Crippen molar-refractivity contribution in [2.45, 2.75) is 13.0 Å². The summed E-state index contributed by atoms with van der Waals surface area (Å²) in [5.41, 5.74) is 0.999. The summed E-state index contributed by atoms with van der Waals surface area (Å²) in [5, 5.41) is 8.55. The van der Waals surface area contributed by atoms with Crippen LogP contribution in [-0.4, -0.2) is 0 Å². The average Bonchev–Trinajstić information content (AvgIpc) is 2.75. The molecule has 0 saturated heterocycles. The lowest BCUT2D eigenvalue weighted by molar-refractivity contribution is 0.310. The Kier molecular flexibility index (Phi) is 4.03. The van der Waals surface area contributed by atoms with Gasteiger partial charge in [0.05, 0.1) is 16.8 Å². The molecule has 0 fully saturated rings. The first-order valence-electron chi connectivity index (χ1n) is 5.11. The molecule has 1 aromatic carbocycles. The summed E-state index contributed by atoms with van der Waals surface area (Å²) in [5.74, 6) is 0.802. The lowest BCUT2D eigenvalue weighted by atomic mass is 10.2. The molecule has 86 valence electrons. The molecular formula is C13H10ClNOS. The van der Waals surface area contributed by atoms with Crippen molar-refractivity contribution in [3.63, 3.8) is 0 Å².